The van der Waals surface area contributed by atoms with E-state index in [2.05, 4.69) is 19.0 Å². The quantitative estimate of drug-likeness (QED) is 0.556. The van der Waals surface area contributed by atoms with Gasteiger partial charge in [-0.3, -0.25) is 0 Å². The Labute approximate surface area is 59.8 Å². The van der Waals surface area contributed by atoms with E-state index in [-0.39, 0.29) is 6.10 Å². The van der Waals surface area contributed by atoms with E-state index >= 15 is 0 Å². The van der Waals surface area contributed by atoms with Gasteiger partial charge in [0, 0.05) is 6.42 Å². The van der Waals surface area contributed by atoms with Crippen molar-refractivity contribution in [2.24, 2.45) is 11.1 Å². The van der Waals surface area contributed by atoms with Crippen LogP contribution in [-0.2, 0) is 4.84 Å². The Morgan fingerprint density at radius 2 is 2.44 bits per heavy atom. The molecule has 0 bridgehead atoms. The first-order chi connectivity index (χ1) is 4.20. The van der Waals surface area contributed by atoms with Gasteiger partial charge >= 0.3 is 0 Å². The molecule has 1 heterocycles. The molecule has 2 nitrogen and oxygen atoms in total. The summed E-state index contributed by atoms with van der Waals surface area (Å²) in [6.45, 7) is 4.19. The van der Waals surface area contributed by atoms with Crippen LogP contribution in [0.4, 0.5) is 0 Å². The molecular weight excluding hydrogens is 138 g/mol. The third-order valence-electron chi connectivity index (χ3n) is 1.40. The first-order valence-electron chi connectivity index (χ1n) is 3.08. The highest BCUT2D eigenvalue weighted by Crippen LogP contribution is 2.19. The second kappa shape index (κ2) is 2.56. The Bertz CT molecular complexity index is 133. The Hall–Kier alpha value is -0.240. The van der Waals surface area contributed by atoms with Gasteiger partial charge < -0.3 is 4.84 Å². The van der Waals surface area contributed by atoms with Crippen LogP contribution >= 0.6 is 11.6 Å². The van der Waals surface area contributed by atoms with Crippen molar-refractivity contribution in [3.8, 4) is 0 Å². The maximum absolute atomic E-state index is 5.58. The van der Waals surface area contributed by atoms with E-state index in [0.29, 0.717) is 11.1 Å². The highest BCUT2D eigenvalue weighted by molar-refractivity contribution is 6.65. The van der Waals surface area contributed by atoms with Crippen molar-refractivity contribution in [1.82, 2.24) is 0 Å². The van der Waals surface area contributed by atoms with E-state index in [9.17, 15) is 0 Å². The van der Waals surface area contributed by atoms with Crippen LogP contribution in [0.5, 0.6) is 0 Å². The van der Waals surface area contributed by atoms with Crippen molar-refractivity contribution in [3.63, 3.8) is 0 Å². The maximum atomic E-state index is 5.58. The number of hydrogen-bond donors (Lipinski definition) is 0. The SMILES string of the molecule is CC(C)[C@H]1CC(Cl)=NO1. The summed E-state index contributed by atoms with van der Waals surface area (Å²) in [5.41, 5.74) is 0. The number of oxime groups is 1. The smallest absolute Gasteiger partial charge is 0.149 e. The predicted molar refractivity (Wildman–Crippen MR) is 37.6 cm³/mol. The molecule has 0 aliphatic carbocycles. The molecular formula is C6H10ClNO. The first kappa shape index (κ1) is 6.87. The van der Waals surface area contributed by atoms with Gasteiger partial charge in [0.05, 0.1) is 0 Å². The van der Waals surface area contributed by atoms with E-state index in [1.54, 1.807) is 0 Å². The predicted octanol–water partition coefficient (Wildman–Crippen LogP) is 1.98. The average molecular weight is 148 g/mol. The van der Waals surface area contributed by atoms with E-state index in [4.69, 9.17) is 16.4 Å². The minimum absolute atomic E-state index is 0.206. The van der Waals surface area contributed by atoms with Crippen LogP contribution in [0.15, 0.2) is 5.16 Å². The van der Waals surface area contributed by atoms with Crippen LogP contribution < -0.4 is 0 Å². The van der Waals surface area contributed by atoms with Crippen molar-refractivity contribution in [1.29, 1.82) is 0 Å². The molecule has 0 fully saturated rings. The van der Waals surface area contributed by atoms with Crippen LogP contribution in [0.2, 0.25) is 0 Å². The number of rotatable bonds is 1. The molecule has 0 N–H and O–H groups in total. The summed E-state index contributed by atoms with van der Waals surface area (Å²) < 4.78 is 0. The van der Waals surface area contributed by atoms with Gasteiger partial charge in [0.15, 0.2) is 0 Å². The second-order valence-electron chi connectivity index (χ2n) is 2.56. The van der Waals surface area contributed by atoms with Gasteiger partial charge in [0.1, 0.15) is 11.3 Å². The highest BCUT2D eigenvalue weighted by Gasteiger charge is 2.22. The molecule has 0 saturated carbocycles. The number of hydrogen-bond acceptors (Lipinski definition) is 2. The fourth-order valence-electron chi connectivity index (χ4n) is 0.723. The van der Waals surface area contributed by atoms with E-state index in [1.807, 2.05) is 0 Å². The summed E-state index contributed by atoms with van der Waals surface area (Å²) in [5.74, 6) is 0.505. The average Bonchev–Trinajstić information content (AvgIpc) is 2.14. The lowest BCUT2D eigenvalue weighted by molar-refractivity contribution is 0.0521. The van der Waals surface area contributed by atoms with E-state index in [0.717, 1.165) is 6.42 Å². The zero-order valence-corrected chi connectivity index (χ0v) is 6.35. The molecule has 1 rings (SSSR count). The molecule has 0 amide bonds. The Balaban J connectivity index is 2.37. The lowest BCUT2D eigenvalue weighted by Gasteiger charge is -2.09. The largest absolute Gasteiger partial charge is 0.391 e. The van der Waals surface area contributed by atoms with Crippen LogP contribution in [0.3, 0.4) is 0 Å². The maximum Gasteiger partial charge on any atom is 0.149 e. The molecule has 3 heteroatoms. The Morgan fingerprint density at radius 3 is 2.67 bits per heavy atom. The summed E-state index contributed by atoms with van der Waals surface area (Å²) in [7, 11) is 0. The third-order valence-corrected chi connectivity index (χ3v) is 1.62. The summed E-state index contributed by atoms with van der Waals surface area (Å²) >= 11 is 5.58. The topological polar surface area (TPSA) is 21.6 Å². The molecule has 0 aromatic rings. The zero-order valence-electron chi connectivity index (χ0n) is 5.60. The van der Waals surface area contributed by atoms with Crippen molar-refractivity contribution in [2.45, 2.75) is 26.4 Å². The van der Waals surface area contributed by atoms with Crippen molar-refractivity contribution in [3.05, 3.63) is 0 Å². The number of halogens is 1. The van der Waals surface area contributed by atoms with Crippen molar-refractivity contribution < 1.29 is 4.84 Å². The van der Waals surface area contributed by atoms with Gasteiger partial charge in [0.2, 0.25) is 0 Å². The monoisotopic (exact) mass is 147 g/mol. The third kappa shape index (κ3) is 1.58. The van der Waals surface area contributed by atoms with Crippen LogP contribution in [0.1, 0.15) is 20.3 Å². The minimum atomic E-state index is 0.206. The van der Waals surface area contributed by atoms with Crippen LogP contribution in [0.25, 0.3) is 0 Å². The zero-order chi connectivity index (χ0) is 6.85. The molecule has 0 aromatic heterocycles. The molecule has 9 heavy (non-hydrogen) atoms. The molecule has 1 aliphatic rings. The minimum Gasteiger partial charge on any atom is -0.391 e. The Kier molecular flexibility index (Phi) is 1.96. The standard InChI is InChI=1S/C6H10ClNO/c1-4(2)5-3-6(7)8-9-5/h4-5H,3H2,1-2H3/t5-/m1/s1. The normalized spacial score (nSPS) is 26.2. The Morgan fingerprint density at radius 1 is 1.78 bits per heavy atom. The molecule has 0 spiro atoms. The summed E-state index contributed by atoms with van der Waals surface area (Å²) in [5, 5.41) is 4.21. The summed E-state index contributed by atoms with van der Waals surface area (Å²) in [4.78, 5) is 4.98. The highest BCUT2D eigenvalue weighted by atomic mass is 35.5. The van der Waals surface area contributed by atoms with Gasteiger partial charge in [-0.2, -0.15) is 0 Å². The van der Waals surface area contributed by atoms with Crippen LogP contribution in [-0.4, -0.2) is 11.3 Å². The molecule has 0 unspecified atom stereocenters. The summed E-state index contributed by atoms with van der Waals surface area (Å²) in [6.07, 6.45) is 0.983. The molecule has 1 aliphatic heterocycles. The first-order valence-corrected chi connectivity index (χ1v) is 3.46. The molecule has 1 atom stereocenters. The number of nitrogens with zero attached hydrogens (tertiary/aromatic N) is 1. The second-order valence-corrected chi connectivity index (χ2v) is 3.00. The summed E-state index contributed by atoms with van der Waals surface area (Å²) in [6, 6.07) is 0. The van der Waals surface area contributed by atoms with Gasteiger partial charge in [0.25, 0.3) is 0 Å². The molecule has 0 saturated heterocycles. The van der Waals surface area contributed by atoms with Gasteiger partial charge in [-0.15, -0.1) is 0 Å². The van der Waals surface area contributed by atoms with Gasteiger partial charge in [-0.25, -0.2) is 0 Å². The molecule has 0 aromatic carbocycles. The van der Waals surface area contributed by atoms with E-state index < -0.39 is 0 Å². The fourth-order valence-corrected chi connectivity index (χ4v) is 0.915. The lowest BCUT2D eigenvalue weighted by Crippen LogP contribution is -2.13. The fraction of sp³-hybridized carbons (Fsp3) is 0.833. The molecule has 52 valence electrons. The van der Waals surface area contributed by atoms with E-state index in [1.165, 1.54) is 0 Å². The van der Waals surface area contributed by atoms with Crippen molar-refractivity contribution >= 4 is 16.8 Å². The van der Waals surface area contributed by atoms with Gasteiger partial charge in [-0.1, -0.05) is 30.6 Å². The molecule has 0 radical (unpaired) electrons. The lowest BCUT2D eigenvalue weighted by atomic mass is 10.1. The van der Waals surface area contributed by atoms with Crippen molar-refractivity contribution in [2.75, 3.05) is 0 Å². The van der Waals surface area contributed by atoms with Gasteiger partial charge in [-0.05, 0) is 5.92 Å². The van der Waals surface area contributed by atoms with Crippen LogP contribution in [0, 0.1) is 5.92 Å².